The third-order valence-corrected chi connectivity index (χ3v) is 6.62. The number of rotatable bonds is 7. The smallest absolute Gasteiger partial charge is 0.251 e. The van der Waals surface area contributed by atoms with Crippen LogP contribution >= 0.6 is 11.3 Å². The standard InChI is InChI=1S/C21H26N2O3S2/c1-3-5-18(21(25)23-10-8-19-17(13-23)9-11-27-19)22-20(24)16-7-4-6-15(12-16)14-28(2)26/h4,6-7,9,11-12,18H,3,5,8,10,13-14H2,1-2H3,(H,22,24). The number of nitrogens with one attached hydrogen (secondary N) is 1. The van der Waals surface area contributed by atoms with Crippen LogP contribution in [-0.4, -0.2) is 39.8 Å². The van der Waals surface area contributed by atoms with Gasteiger partial charge in [-0.1, -0.05) is 25.5 Å². The van der Waals surface area contributed by atoms with Crippen LogP contribution in [0.5, 0.6) is 0 Å². The van der Waals surface area contributed by atoms with Crippen molar-refractivity contribution in [3.63, 3.8) is 0 Å². The summed E-state index contributed by atoms with van der Waals surface area (Å²) < 4.78 is 11.5. The lowest BCUT2D eigenvalue weighted by molar-refractivity contribution is -0.134. The van der Waals surface area contributed by atoms with Gasteiger partial charge in [-0.05, 0) is 47.5 Å². The number of carbonyl (C=O) groups excluding carboxylic acids is 2. The minimum absolute atomic E-state index is 0.0159. The van der Waals surface area contributed by atoms with E-state index in [-0.39, 0.29) is 11.8 Å². The molecule has 1 aromatic carbocycles. The zero-order chi connectivity index (χ0) is 20.1. The highest BCUT2D eigenvalue weighted by Gasteiger charge is 2.28. The summed E-state index contributed by atoms with van der Waals surface area (Å²) in [4.78, 5) is 29.0. The van der Waals surface area contributed by atoms with E-state index in [9.17, 15) is 13.8 Å². The van der Waals surface area contributed by atoms with Gasteiger partial charge in [0.25, 0.3) is 5.91 Å². The molecule has 0 aliphatic carbocycles. The van der Waals surface area contributed by atoms with Gasteiger partial charge < -0.3 is 10.2 Å². The Balaban J connectivity index is 1.69. The van der Waals surface area contributed by atoms with Crippen LogP contribution in [0.3, 0.4) is 0 Å². The largest absolute Gasteiger partial charge is 0.340 e. The third kappa shape index (κ3) is 5.08. The van der Waals surface area contributed by atoms with Crippen molar-refractivity contribution in [1.29, 1.82) is 0 Å². The fourth-order valence-electron chi connectivity index (χ4n) is 3.48. The highest BCUT2D eigenvalue weighted by Crippen LogP contribution is 2.24. The Morgan fingerprint density at radius 3 is 2.89 bits per heavy atom. The minimum atomic E-state index is -0.969. The molecule has 150 valence electrons. The molecule has 2 amide bonds. The molecular weight excluding hydrogens is 392 g/mol. The van der Waals surface area contributed by atoms with Crippen LogP contribution in [-0.2, 0) is 34.3 Å². The maximum atomic E-state index is 13.1. The van der Waals surface area contributed by atoms with Crippen molar-refractivity contribution in [3.8, 4) is 0 Å². The molecule has 2 aromatic rings. The Kier molecular flexibility index (Phi) is 7.02. The summed E-state index contributed by atoms with van der Waals surface area (Å²) in [6, 6.07) is 8.68. The Hall–Kier alpha value is -1.99. The van der Waals surface area contributed by atoms with Crippen molar-refractivity contribution in [2.75, 3.05) is 12.8 Å². The highest BCUT2D eigenvalue weighted by molar-refractivity contribution is 7.83. The fraction of sp³-hybridized carbons (Fsp3) is 0.429. The van der Waals surface area contributed by atoms with Crippen LogP contribution in [0.25, 0.3) is 0 Å². The van der Waals surface area contributed by atoms with E-state index >= 15 is 0 Å². The first-order chi connectivity index (χ1) is 13.5. The Morgan fingerprint density at radius 1 is 1.32 bits per heavy atom. The first-order valence-corrected chi connectivity index (χ1v) is 12.1. The maximum absolute atomic E-state index is 13.1. The Labute approximate surface area is 172 Å². The lowest BCUT2D eigenvalue weighted by atomic mass is 10.1. The van der Waals surface area contributed by atoms with E-state index in [4.69, 9.17) is 0 Å². The van der Waals surface area contributed by atoms with Gasteiger partial charge in [0.05, 0.1) is 0 Å². The van der Waals surface area contributed by atoms with E-state index < -0.39 is 16.8 Å². The van der Waals surface area contributed by atoms with Crippen molar-refractivity contribution in [2.45, 2.75) is 44.5 Å². The summed E-state index contributed by atoms with van der Waals surface area (Å²) in [5, 5.41) is 5.00. The molecule has 0 saturated carbocycles. The molecule has 1 aromatic heterocycles. The fourth-order valence-corrected chi connectivity index (χ4v) is 5.02. The van der Waals surface area contributed by atoms with Gasteiger partial charge >= 0.3 is 0 Å². The van der Waals surface area contributed by atoms with Crippen LogP contribution in [0.2, 0.25) is 0 Å². The molecule has 1 aliphatic rings. The van der Waals surface area contributed by atoms with Crippen molar-refractivity contribution >= 4 is 34.0 Å². The third-order valence-electron chi connectivity index (χ3n) is 4.86. The van der Waals surface area contributed by atoms with Crippen molar-refractivity contribution in [3.05, 3.63) is 57.3 Å². The van der Waals surface area contributed by atoms with Crippen LogP contribution in [0, 0.1) is 0 Å². The molecular formula is C21H26N2O3S2. The van der Waals surface area contributed by atoms with E-state index in [1.807, 2.05) is 17.9 Å². The van der Waals surface area contributed by atoms with E-state index in [1.54, 1.807) is 35.8 Å². The molecule has 2 atom stereocenters. The molecule has 1 aliphatic heterocycles. The van der Waals surface area contributed by atoms with Gasteiger partial charge in [0.1, 0.15) is 6.04 Å². The van der Waals surface area contributed by atoms with Gasteiger partial charge in [-0.2, -0.15) is 0 Å². The van der Waals surface area contributed by atoms with Crippen molar-refractivity contribution < 1.29 is 13.8 Å². The summed E-state index contributed by atoms with van der Waals surface area (Å²) in [7, 11) is -0.969. The number of benzene rings is 1. The molecule has 1 N–H and O–H groups in total. The number of fused-ring (bicyclic) bond motifs is 1. The average Bonchev–Trinajstić information content (AvgIpc) is 3.14. The van der Waals surface area contributed by atoms with E-state index in [0.717, 1.165) is 18.4 Å². The number of amides is 2. The van der Waals surface area contributed by atoms with Gasteiger partial charge in [-0.25, -0.2) is 0 Å². The predicted octanol–water partition coefficient (Wildman–Crippen LogP) is 3.11. The molecule has 2 unspecified atom stereocenters. The topological polar surface area (TPSA) is 66.5 Å². The van der Waals surface area contributed by atoms with Crippen LogP contribution in [0.1, 0.15) is 46.1 Å². The van der Waals surface area contributed by atoms with Gasteiger partial charge in [0.15, 0.2) is 0 Å². The SMILES string of the molecule is CCCC(NC(=O)c1cccc(CS(C)=O)c1)C(=O)N1CCc2sccc2C1. The summed E-state index contributed by atoms with van der Waals surface area (Å²) in [5.41, 5.74) is 2.56. The molecule has 0 fully saturated rings. The summed E-state index contributed by atoms with van der Waals surface area (Å²) in [6.07, 6.45) is 3.93. The van der Waals surface area contributed by atoms with Crippen LogP contribution in [0.15, 0.2) is 35.7 Å². The number of thiophene rings is 1. The summed E-state index contributed by atoms with van der Waals surface area (Å²) in [5.74, 6) is 0.136. The number of carbonyl (C=O) groups is 2. The van der Waals surface area contributed by atoms with Crippen LogP contribution in [0.4, 0.5) is 0 Å². The summed E-state index contributed by atoms with van der Waals surface area (Å²) >= 11 is 1.74. The highest BCUT2D eigenvalue weighted by atomic mass is 32.2. The molecule has 0 bridgehead atoms. The normalized spacial score (nSPS) is 15.6. The Bertz CT molecular complexity index is 878. The number of nitrogens with zero attached hydrogens (tertiary/aromatic N) is 1. The lowest BCUT2D eigenvalue weighted by Gasteiger charge is -2.31. The van der Waals surface area contributed by atoms with Gasteiger partial charge in [0, 0.05) is 46.3 Å². The lowest BCUT2D eigenvalue weighted by Crippen LogP contribution is -2.49. The molecule has 7 heteroatoms. The van der Waals surface area contributed by atoms with E-state index in [2.05, 4.69) is 16.8 Å². The number of hydrogen-bond donors (Lipinski definition) is 1. The summed E-state index contributed by atoms with van der Waals surface area (Å²) in [6.45, 7) is 3.32. The molecule has 0 spiro atoms. The van der Waals surface area contributed by atoms with E-state index in [1.165, 1.54) is 10.4 Å². The molecule has 5 nitrogen and oxygen atoms in total. The minimum Gasteiger partial charge on any atom is -0.340 e. The van der Waals surface area contributed by atoms with Crippen molar-refractivity contribution in [1.82, 2.24) is 10.2 Å². The van der Waals surface area contributed by atoms with Crippen molar-refractivity contribution in [2.24, 2.45) is 0 Å². The molecule has 28 heavy (non-hydrogen) atoms. The molecule has 2 heterocycles. The van der Waals surface area contributed by atoms with Gasteiger partial charge in [0.2, 0.25) is 5.91 Å². The van der Waals surface area contributed by atoms with Gasteiger partial charge in [-0.15, -0.1) is 11.3 Å². The predicted molar refractivity (Wildman–Crippen MR) is 114 cm³/mol. The molecule has 0 radical (unpaired) electrons. The first-order valence-electron chi connectivity index (χ1n) is 9.51. The monoisotopic (exact) mass is 418 g/mol. The quantitative estimate of drug-likeness (QED) is 0.751. The first kappa shape index (κ1) is 20.7. The zero-order valence-electron chi connectivity index (χ0n) is 16.3. The average molecular weight is 419 g/mol. The molecule has 3 rings (SSSR count). The van der Waals surface area contributed by atoms with Gasteiger partial charge in [-0.3, -0.25) is 13.8 Å². The second-order valence-corrected chi connectivity index (χ2v) is 9.55. The zero-order valence-corrected chi connectivity index (χ0v) is 17.9. The van der Waals surface area contributed by atoms with E-state index in [0.29, 0.717) is 30.8 Å². The van der Waals surface area contributed by atoms with Crippen LogP contribution < -0.4 is 5.32 Å². The second kappa shape index (κ2) is 9.47. The molecule has 0 saturated heterocycles. The number of hydrogen-bond acceptors (Lipinski definition) is 4. The second-order valence-electron chi connectivity index (χ2n) is 7.11. The maximum Gasteiger partial charge on any atom is 0.251 e. The Morgan fingerprint density at radius 2 is 2.14 bits per heavy atom.